The van der Waals surface area contributed by atoms with Gasteiger partial charge in [-0.05, 0) is 38.9 Å². The van der Waals surface area contributed by atoms with Crippen LogP contribution in [0.2, 0.25) is 0 Å². The van der Waals surface area contributed by atoms with Gasteiger partial charge in [-0.15, -0.1) is 0 Å². The first kappa shape index (κ1) is 13.1. The lowest BCUT2D eigenvalue weighted by atomic mass is 9.74. The van der Waals surface area contributed by atoms with E-state index < -0.39 is 5.41 Å². The van der Waals surface area contributed by atoms with Crippen molar-refractivity contribution in [2.45, 2.75) is 25.2 Å². The molecule has 1 aromatic carbocycles. The summed E-state index contributed by atoms with van der Waals surface area (Å²) < 4.78 is 5.32. The number of ether oxygens (including phenoxy) is 1. The van der Waals surface area contributed by atoms with Gasteiger partial charge in [0.2, 0.25) is 0 Å². The van der Waals surface area contributed by atoms with Crippen LogP contribution in [0.4, 0.5) is 0 Å². The van der Waals surface area contributed by atoms with Gasteiger partial charge in [0, 0.05) is 6.54 Å². The first-order chi connectivity index (χ1) is 8.69. The largest absolute Gasteiger partial charge is 0.465 e. The molecule has 3 nitrogen and oxygen atoms in total. The number of likely N-dealkylation sites (tertiary alicyclic amines) is 1. The first-order valence-corrected chi connectivity index (χ1v) is 6.60. The number of rotatable bonds is 3. The Balaban J connectivity index is 2.36. The summed E-state index contributed by atoms with van der Waals surface area (Å²) in [6.45, 7) is 4.10. The highest BCUT2D eigenvalue weighted by Gasteiger charge is 2.44. The van der Waals surface area contributed by atoms with Crippen molar-refractivity contribution in [2.75, 3.05) is 26.7 Å². The van der Waals surface area contributed by atoms with Crippen LogP contribution in [0.25, 0.3) is 0 Å². The molecule has 1 aromatic rings. The molecule has 0 aromatic heterocycles. The van der Waals surface area contributed by atoms with Crippen LogP contribution in [-0.4, -0.2) is 37.6 Å². The van der Waals surface area contributed by atoms with E-state index in [9.17, 15) is 4.79 Å². The minimum absolute atomic E-state index is 0.0808. The molecule has 1 heterocycles. The van der Waals surface area contributed by atoms with Gasteiger partial charge in [0.1, 0.15) is 5.41 Å². The maximum atomic E-state index is 12.4. The SMILES string of the molecule is CCOC(=O)C1(c2ccccc2)CCCN(C)C1. The molecule has 3 heteroatoms. The summed E-state index contributed by atoms with van der Waals surface area (Å²) >= 11 is 0. The molecule has 1 fully saturated rings. The third kappa shape index (κ3) is 2.41. The van der Waals surface area contributed by atoms with Crippen molar-refractivity contribution < 1.29 is 9.53 Å². The predicted octanol–water partition coefficient (Wildman–Crippen LogP) is 2.21. The zero-order valence-corrected chi connectivity index (χ0v) is 11.2. The fourth-order valence-electron chi connectivity index (χ4n) is 2.82. The molecule has 0 aliphatic carbocycles. The van der Waals surface area contributed by atoms with Crippen LogP contribution in [0.15, 0.2) is 30.3 Å². The van der Waals surface area contributed by atoms with Crippen molar-refractivity contribution in [1.29, 1.82) is 0 Å². The van der Waals surface area contributed by atoms with Gasteiger partial charge in [-0.3, -0.25) is 4.79 Å². The Hall–Kier alpha value is -1.35. The van der Waals surface area contributed by atoms with Gasteiger partial charge in [-0.2, -0.15) is 0 Å². The number of esters is 1. The topological polar surface area (TPSA) is 29.5 Å². The molecule has 18 heavy (non-hydrogen) atoms. The first-order valence-electron chi connectivity index (χ1n) is 6.60. The van der Waals surface area contributed by atoms with Crippen molar-refractivity contribution >= 4 is 5.97 Å². The Bertz CT molecular complexity index is 404. The third-order valence-electron chi connectivity index (χ3n) is 3.68. The molecule has 0 bridgehead atoms. The number of hydrogen-bond donors (Lipinski definition) is 0. The Labute approximate surface area is 109 Å². The Morgan fingerprint density at radius 2 is 2.11 bits per heavy atom. The van der Waals surface area contributed by atoms with Gasteiger partial charge in [-0.1, -0.05) is 30.3 Å². The van der Waals surface area contributed by atoms with E-state index in [1.807, 2.05) is 37.3 Å². The van der Waals surface area contributed by atoms with Gasteiger partial charge in [0.15, 0.2) is 0 Å². The summed E-state index contributed by atoms with van der Waals surface area (Å²) in [5.41, 5.74) is 0.597. The summed E-state index contributed by atoms with van der Waals surface area (Å²) in [6.07, 6.45) is 1.91. The molecule has 0 N–H and O–H groups in total. The zero-order valence-electron chi connectivity index (χ0n) is 11.2. The molecule has 1 atom stereocenters. The maximum Gasteiger partial charge on any atom is 0.317 e. The van der Waals surface area contributed by atoms with Crippen LogP contribution in [0.1, 0.15) is 25.3 Å². The van der Waals surface area contributed by atoms with E-state index in [1.54, 1.807) is 0 Å². The maximum absolute atomic E-state index is 12.4. The van der Waals surface area contributed by atoms with Crippen LogP contribution in [0, 0.1) is 0 Å². The highest BCUT2D eigenvalue weighted by atomic mass is 16.5. The van der Waals surface area contributed by atoms with Crippen molar-refractivity contribution in [3.63, 3.8) is 0 Å². The van der Waals surface area contributed by atoms with Crippen molar-refractivity contribution in [2.24, 2.45) is 0 Å². The second-order valence-corrected chi connectivity index (χ2v) is 5.01. The van der Waals surface area contributed by atoms with Crippen LogP contribution in [-0.2, 0) is 14.9 Å². The summed E-state index contributed by atoms with van der Waals surface area (Å²) in [6, 6.07) is 10.0. The lowest BCUT2D eigenvalue weighted by Crippen LogP contribution is -2.50. The fourth-order valence-corrected chi connectivity index (χ4v) is 2.82. The molecule has 1 saturated heterocycles. The number of carbonyl (C=O) groups is 1. The average Bonchev–Trinajstić information content (AvgIpc) is 2.40. The average molecular weight is 247 g/mol. The van der Waals surface area contributed by atoms with Crippen molar-refractivity contribution in [3.8, 4) is 0 Å². The number of nitrogens with zero attached hydrogens (tertiary/aromatic N) is 1. The van der Waals surface area contributed by atoms with Gasteiger partial charge in [0.25, 0.3) is 0 Å². The van der Waals surface area contributed by atoms with Gasteiger partial charge in [-0.25, -0.2) is 0 Å². The van der Waals surface area contributed by atoms with Crippen LogP contribution < -0.4 is 0 Å². The minimum Gasteiger partial charge on any atom is -0.465 e. The van der Waals surface area contributed by atoms with E-state index in [0.29, 0.717) is 6.61 Å². The Morgan fingerprint density at radius 1 is 1.39 bits per heavy atom. The van der Waals surface area contributed by atoms with E-state index in [2.05, 4.69) is 11.9 Å². The summed E-state index contributed by atoms with van der Waals surface area (Å²) in [7, 11) is 2.07. The minimum atomic E-state index is -0.482. The summed E-state index contributed by atoms with van der Waals surface area (Å²) in [5.74, 6) is -0.0808. The molecule has 0 radical (unpaired) electrons. The standard InChI is InChI=1S/C15H21NO2/c1-3-18-14(17)15(10-7-11-16(2)12-15)13-8-5-4-6-9-13/h4-6,8-9H,3,7,10-12H2,1-2H3. The number of likely N-dealkylation sites (N-methyl/N-ethyl adjacent to an activating group) is 1. The molecule has 1 aliphatic rings. The molecule has 0 amide bonds. The lowest BCUT2D eigenvalue weighted by Gasteiger charge is -2.39. The molecule has 0 saturated carbocycles. The molecule has 1 aliphatic heterocycles. The highest BCUT2D eigenvalue weighted by molar-refractivity contribution is 5.83. The van der Waals surface area contributed by atoms with Gasteiger partial charge in [0.05, 0.1) is 6.61 Å². The van der Waals surface area contributed by atoms with Gasteiger partial charge >= 0.3 is 5.97 Å². The number of piperidine rings is 1. The third-order valence-corrected chi connectivity index (χ3v) is 3.68. The predicted molar refractivity (Wildman–Crippen MR) is 71.5 cm³/mol. The molecule has 98 valence electrons. The Kier molecular flexibility index (Phi) is 4.02. The van der Waals surface area contributed by atoms with E-state index in [1.165, 1.54) is 0 Å². The normalized spacial score (nSPS) is 24.8. The Morgan fingerprint density at radius 3 is 2.72 bits per heavy atom. The molecule has 1 unspecified atom stereocenters. The number of carbonyl (C=O) groups excluding carboxylic acids is 1. The van der Waals surface area contributed by atoms with Crippen LogP contribution >= 0.6 is 0 Å². The van der Waals surface area contributed by atoms with Gasteiger partial charge < -0.3 is 9.64 Å². The summed E-state index contributed by atoms with van der Waals surface area (Å²) in [5, 5.41) is 0. The molecule has 2 rings (SSSR count). The van der Waals surface area contributed by atoms with E-state index >= 15 is 0 Å². The second kappa shape index (κ2) is 5.53. The number of hydrogen-bond acceptors (Lipinski definition) is 3. The van der Waals surface area contributed by atoms with Crippen molar-refractivity contribution in [1.82, 2.24) is 4.90 Å². The second-order valence-electron chi connectivity index (χ2n) is 5.01. The zero-order chi connectivity index (χ0) is 13.0. The van der Waals surface area contributed by atoms with Crippen molar-refractivity contribution in [3.05, 3.63) is 35.9 Å². The van der Waals surface area contributed by atoms with E-state index in [4.69, 9.17) is 4.74 Å². The number of benzene rings is 1. The van der Waals surface area contributed by atoms with Crippen LogP contribution in [0.5, 0.6) is 0 Å². The fraction of sp³-hybridized carbons (Fsp3) is 0.533. The lowest BCUT2D eigenvalue weighted by molar-refractivity contribution is -0.152. The van der Waals surface area contributed by atoms with E-state index in [-0.39, 0.29) is 5.97 Å². The highest BCUT2D eigenvalue weighted by Crippen LogP contribution is 2.35. The molecule has 0 spiro atoms. The van der Waals surface area contributed by atoms with E-state index in [0.717, 1.165) is 31.5 Å². The monoisotopic (exact) mass is 247 g/mol. The molecular formula is C15H21NO2. The smallest absolute Gasteiger partial charge is 0.317 e. The molecular weight excluding hydrogens is 226 g/mol. The van der Waals surface area contributed by atoms with Crippen LogP contribution in [0.3, 0.4) is 0 Å². The quantitative estimate of drug-likeness (QED) is 0.767. The summed E-state index contributed by atoms with van der Waals surface area (Å²) in [4.78, 5) is 14.6.